The number of amides is 2. The monoisotopic (exact) mass is 601 g/mol. The van der Waals surface area contributed by atoms with Gasteiger partial charge < -0.3 is 20.1 Å². The van der Waals surface area contributed by atoms with Crippen LogP contribution in [-0.4, -0.2) is 41.0 Å². The average Bonchev–Trinajstić information content (AvgIpc) is 2.99. The van der Waals surface area contributed by atoms with Crippen molar-refractivity contribution >= 4 is 33.2 Å². The number of benzene rings is 4. The summed E-state index contributed by atoms with van der Waals surface area (Å²) in [6.07, 6.45) is 0.553. The first-order valence-electron chi connectivity index (χ1n) is 13.6. The Morgan fingerprint density at radius 1 is 0.744 bits per heavy atom. The molecule has 4 rings (SSSR count). The maximum atomic E-state index is 13.3. The van der Waals surface area contributed by atoms with Gasteiger partial charge in [-0.15, -0.1) is 0 Å². The van der Waals surface area contributed by atoms with Gasteiger partial charge in [-0.2, -0.15) is 0 Å². The lowest BCUT2D eigenvalue weighted by Gasteiger charge is -2.14. The second-order valence-electron chi connectivity index (χ2n) is 10.1. The van der Waals surface area contributed by atoms with E-state index in [1.165, 1.54) is 6.07 Å². The fraction of sp³-hybridized carbons (Fsp3) is 0.212. The summed E-state index contributed by atoms with van der Waals surface area (Å²) < 4.78 is 39.7. The molecule has 0 aliphatic carbocycles. The Morgan fingerprint density at radius 3 is 2.19 bits per heavy atom. The van der Waals surface area contributed by atoms with Crippen LogP contribution in [0, 0.1) is 20.8 Å². The van der Waals surface area contributed by atoms with Crippen LogP contribution in [-0.2, 0) is 16.4 Å². The minimum absolute atomic E-state index is 0.0143. The Hall–Kier alpha value is -4.83. The molecule has 4 aromatic rings. The highest BCUT2D eigenvalue weighted by molar-refractivity contribution is 7.92. The third-order valence-electron chi connectivity index (χ3n) is 7.07. The van der Waals surface area contributed by atoms with Gasteiger partial charge in [0.2, 0.25) is 0 Å². The van der Waals surface area contributed by atoms with Crippen molar-refractivity contribution in [3.05, 3.63) is 112 Å². The zero-order valence-corrected chi connectivity index (χ0v) is 25.6. The van der Waals surface area contributed by atoms with Crippen LogP contribution in [0.1, 0.15) is 43.0 Å². The quantitative estimate of drug-likeness (QED) is 0.204. The summed E-state index contributed by atoms with van der Waals surface area (Å²) in [5.41, 5.74) is 4.59. The van der Waals surface area contributed by atoms with Gasteiger partial charge in [0.15, 0.2) is 11.5 Å². The molecule has 0 fully saturated rings. The molecule has 0 unspecified atom stereocenters. The number of carbonyl (C=O) groups is 2. The van der Waals surface area contributed by atoms with Gasteiger partial charge in [0.05, 0.1) is 30.4 Å². The highest BCUT2D eigenvalue weighted by Crippen LogP contribution is 2.28. The van der Waals surface area contributed by atoms with Crippen LogP contribution in [0.5, 0.6) is 11.5 Å². The normalized spacial score (nSPS) is 11.0. The molecule has 0 saturated carbocycles. The maximum Gasteiger partial charge on any atom is 0.262 e. The van der Waals surface area contributed by atoms with Crippen LogP contribution in [0.25, 0.3) is 0 Å². The lowest BCUT2D eigenvalue weighted by molar-refractivity contribution is 0.0955. The second kappa shape index (κ2) is 13.4. The van der Waals surface area contributed by atoms with Gasteiger partial charge in [-0.25, -0.2) is 8.42 Å². The molecule has 3 N–H and O–H groups in total. The molecule has 9 nitrogen and oxygen atoms in total. The molecular formula is C33H35N3O6S. The number of ether oxygens (including phenoxy) is 2. The summed E-state index contributed by atoms with van der Waals surface area (Å²) in [6.45, 7) is 5.86. The molecular weight excluding hydrogens is 566 g/mol. The van der Waals surface area contributed by atoms with Gasteiger partial charge in [0, 0.05) is 17.8 Å². The largest absolute Gasteiger partial charge is 0.493 e. The molecule has 0 saturated heterocycles. The molecule has 224 valence electrons. The Morgan fingerprint density at radius 2 is 1.47 bits per heavy atom. The zero-order chi connectivity index (χ0) is 31.1. The fourth-order valence-corrected chi connectivity index (χ4v) is 5.80. The first-order valence-corrected chi connectivity index (χ1v) is 15.1. The number of hydrogen-bond donors (Lipinski definition) is 3. The topological polar surface area (TPSA) is 123 Å². The van der Waals surface area contributed by atoms with Crippen molar-refractivity contribution < 1.29 is 27.5 Å². The van der Waals surface area contributed by atoms with Gasteiger partial charge in [0.1, 0.15) is 0 Å². The van der Waals surface area contributed by atoms with E-state index >= 15 is 0 Å². The molecule has 0 spiro atoms. The third kappa shape index (κ3) is 7.52. The van der Waals surface area contributed by atoms with Crippen LogP contribution >= 0.6 is 0 Å². The van der Waals surface area contributed by atoms with Gasteiger partial charge >= 0.3 is 0 Å². The van der Waals surface area contributed by atoms with Crippen molar-refractivity contribution in [2.24, 2.45) is 0 Å². The second-order valence-corrected chi connectivity index (χ2v) is 11.7. The number of nitrogens with one attached hydrogen (secondary N) is 3. The van der Waals surface area contributed by atoms with E-state index in [2.05, 4.69) is 15.4 Å². The average molecular weight is 602 g/mol. The molecule has 43 heavy (non-hydrogen) atoms. The van der Waals surface area contributed by atoms with Crippen molar-refractivity contribution in [3.63, 3.8) is 0 Å². The summed E-state index contributed by atoms with van der Waals surface area (Å²) >= 11 is 0. The molecule has 0 atom stereocenters. The lowest BCUT2D eigenvalue weighted by Crippen LogP contribution is -2.27. The van der Waals surface area contributed by atoms with Crippen LogP contribution < -0.4 is 24.8 Å². The van der Waals surface area contributed by atoms with Gasteiger partial charge in [0.25, 0.3) is 21.8 Å². The first-order chi connectivity index (χ1) is 20.5. The molecule has 0 aliphatic rings. The lowest BCUT2D eigenvalue weighted by atomic mass is 10.1. The van der Waals surface area contributed by atoms with Crippen LogP contribution in [0.15, 0.2) is 83.8 Å². The molecule has 0 heterocycles. The van der Waals surface area contributed by atoms with E-state index in [4.69, 9.17) is 9.47 Å². The number of aryl methyl sites for hydroxylation is 3. The van der Waals surface area contributed by atoms with Crippen LogP contribution in [0.4, 0.5) is 11.4 Å². The van der Waals surface area contributed by atoms with Gasteiger partial charge in [-0.1, -0.05) is 30.3 Å². The number of para-hydroxylation sites is 1. The Balaban J connectivity index is 1.46. The minimum Gasteiger partial charge on any atom is -0.493 e. The summed E-state index contributed by atoms with van der Waals surface area (Å²) in [4.78, 5) is 26.3. The maximum absolute atomic E-state index is 13.3. The smallest absolute Gasteiger partial charge is 0.262 e. The van der Waals surface area contributed by atoms with E-state index in [1.807, 2.05) is 38.1 Å². The number of sulfonamides is 1. The Bertz CT molecular complexity index is 1770. The highest BCUT2D eigenvalue weighted by atomic mass is 32.2. The molecule has 0 bridgehead atoms. The fourth-order valence-electron chi connectivity index (χ4n) is 4.48. The van der Waals surface area contributed by atoms with Crippen molar-refractivity contribution in [2.45, 2.75) is 32.1 Å². The summed E-state index contributed by atoms with van der Waals surface area (Å²) in [7, 11) is -0.844. The first kappa shape index (κ1) is 31.1. The number of hydrogen-bond acceptors (Lipinski definition) is 6. The highest BCUT2D eigenvalue weighted by Gasteiger charge is 2.21. The van der Waals surface area contributed by atoms with Crippen molar-refractivity contribution in [1.29, 1.82) is 0 Å². The van der Waals surface area contributed by atoms with Gasteiger partial charge in [-0.05, 0) is 98.0 Å². The Labute approximate surface area is 252 Å². The van der Waals surface area contributed by atoms with Gasteiger partial charge in [-0.3, -0.25) is 14.3 Å². The van der Waals surface area contributed by atoms with Crippen molar-refractivity contribution in [1.82, 2.24) is 5.32 Å². The molecule has 10 heteroatoms. The summed E-state index contributed by atoms with van der Waals surface area (Å²) in [6, 6.07) is 22.0. The van der Waals surface area contributed by atoms with E-state index in [0.29, 0.717) is 41.4 Å². The number of rotatable bonds is 11. The minimum atomic E-state index is -3.97. The summed E-state index contributed by atoms with van der Waals surface area (Å²) in [5, 5.41) is 5.64. The molecule has 0 aliphatic heterocycles. The SMILES string of the molecule is COc1ccc(CCNC(=O)c2ccccc2NC(=O)c2ccc(C)c(S(=O)(=O)Nc3ccc(C)c(C)c3)c2)cc1OC. The molecule has 4 aromatic carbocycles. The van der Waals surface area contributed by atoms with E-state index in [9.17, 15) is 18.0 Å². The number of carbonyl (C=O) groups excluding carboxylic acids is 2. The number of methoxy groups -OCH3 is 2. The van der Waals surface area contributed by atoms with E-state index in [0.717, 1.165) is 16.7 Å². The zero-order valence-electron chi connectivity index (χ0n) is 24.8. The predicted molar refractivity (Wildman–Crippen MR) is 168 cm³/mol. The third-order valence-corrected chi connectivity index (χ3v) is 8.59. The molecule has 0 aromatic heterocycles. The van der Waals surface area contributed by atoms with Crippen LogP contribution in [0.2, 0.25) is 0 Å². The van der Waals surface area contributed by atoms with E-state index in [1.54, 1.807) is 69.7 Å². The Kier molecular flexibility index (Phi) is 9.72. The number of anilines is 2. The predicted octanol–water partition coefficient (Wildman–Crippen LogP) is 5.65. The van der Waals surface area contributed by atoms with Crippen molar-refractivity contribution in [3.8, 4) is 11.5 Å². The van der Waals surface area contributed by atoms with Crippen molar-refractivity contribution in [2.75, 3.05) is 30.8 Å². The van der Waals surface area contributed by atoms with Crippen LogP contribution in [0.3, 0.4) is 0 Å². The molecule has 2 amide bonds. The molecule has 0 radical (unpaired) electrons. The van der Waals surface area contributed by atoms with E-state index < -0.39 is 15.9 Å². The summed E-state index contributed by atoms with van der Waals surface area (Å²) in [5.74, 6) is 0.317. The standard InChI is InChI=1S/C33H35N3O6S/c1-21-11-14-26(18-23(21)3)36-43(39,40)31-20-25(13-10-22(31)2)32(37)35-28-9-7-6-8-27(28)33(38)34-17-16-24-12-15-29(41-4)30(19-24)42-5/h6-15,18-20,36H,16-17H2,1-5H3,(H,34,38)(H,35,37). The van der Waals surface area contributed by atoms with E-state index in [-0.39, 0.29) is 21.9 Å².